The second-order valence-corrected chi connectivity index (χ2v) is 8.19. The van der Waals surface area contributed by atoms with Crippen LogP contribution in [-0.4, -0.2) is 48.9 Å². The van der Waals surface area contributed by atoms with Gasteiger partial charge in [0, 0.05) is 53.8 Å². The summed E-state index contributed by atoms with van der Waals surface area (Å²) >= 11 is 0. The van der Waals surface area contributed by atoms with Gasteiger partial charge >= 0.3 is 6.09 Å². The number of hydrogen-bond acceptors (Lipinski definition) is 5. The van der Waals surface area contributed by atoms with Gasteiger partial charge in [-0.15, -0.1) is 0 Å². The van der Waals surface area contributed by atoms with Crippen LogP contribution in [0.15, 0.2) is 55.1 Å². The highest BCUT2D eigenvalue weighted by Gasteiger charge is 2.24. The lowest BCUT2D eigenvalue weighted by Crippen LogP contribution is -2.38. The van der Waals surface area contributed by atoms with Crippen LogP contribution in [0.25, 0.3) is 33.2 Å². The Balaban J connectivity index is 1.45. The van der Waals surface area contributed by atoms with E-state index in [2.05, 4.69) is 28.1 Å². The molecular weight excluding hydrogens is 404 g/mol. The molecule has 1 aromatic carbocycles. The molecule has 1 amide bonds. The van der Waals surface area contributed by atoms with E-state index < -0.39 is 6.09 Å². The summed E-state index contributed by atoms with van der Waals surface area (Å²) in [5.74, 6) is 0.438. The predicted octanol–water partition coefficient (Wildman–Crippen LogP) is 4.37. The van der Waals surface area contributed by atoms with E-state index in [9.17, 15) is 4.79 Å². The van der Waals surface area contributed by atoms with Crippen molar-refractivity contribution in [3.63, 3.8) is 0 Å². The summed E-state index contributed by atoms with van der Waals surface area (Å²) in [7, 11) is 0. The standard InChI is InChI=1S/C24H24N6O2/c1-15-20-5-3-2-4-16(20)11-26-22(15)21-10-17(12-27-23(21)25)18-13-28-30(14-18)19-6-8-29(9-7-19)24(31)32/h2-5,10-14,19H,6-9H2,1H3,(H2,25,27)(H,31,32). The minimum atomic E-state index is -0.859. The second-order valence-electron chi connectivity index (χ2n) is 8.19. The number of rotatable bonds is 3. The topological polar surface area (TPSA) is 110 Å². The zero-order valence-electron chi connectivity index (χ0n) is 17.8. The molecule has 0 saturated carbocycles. The van der Waals surface area contributed by atoms with Crippen LogP contribution < -0.4 is 5.73 Å². The number of piperidine rings is 1. The Kier molecular flexibility index (Phi) is 4.97. The molecule has 0 spiro atoms. The summed E-state index contributed by atoms with van der Waals surface area (Å²) in [6, 6.07) is 10.4. The number of nitrogens with zero attached hydrogens (tertiary/aromatic N) is 5. The summed E-state index contributed by atoms with van der Waals surface area (Å²) in [5, 5.41) is 15.9. The summed E-state index contributed by atoms with van der Waals surface area (Å²) < 4.78 is 1.93. The minimum Gasteiger partial charge on any atom is -0.465 e. The molecule has 1 aliphatic rings. The van der Waals surface area contributed by atoms with E-state index in [4.69, 9.17) is 10.8 Å². The van der Waals surface area contributed by atoms with Crippen LogP contribution in [0.2, 0.25) is 0 Å². The molecule has 0 bridgehead atoms. The van der Waals surface area contributed by atoms with Gasteiger partial charge in [0.05, 0.1) is 17.9 Å². The molecule has 4 aromatic rings. The number of nitrogen functional groups attached to an aromatic ring is 1. The minimum absolute atomic E-state index is 0.185. The second kappa shape index (κ2) is 7.96. The lowest BCUT2D eigenvalue weighted by atomic mass is 9.99. The zero-order valence-corrected chi connectivity index (χ0v) is 17.8. The number of carboxylic acid groups (broad SMARTS) is 1. The van der Waals surface area contributed by atoms with Crippen molar-refractivity contribution >= 4 is 22.7 Å². The molecular formula is C24H24N6O2. The maximum absolute atomic E-state index is 11.1. The fourth-order valence-corrected chi connectivity index (χ4v) is 4.41. The predicted molar refractivity (Wildman–Crippen MR) is 123 cm³/mol. The fourth-order valence-electron chi connectivity index (χ4n) is 4.41. The van der Waals surface area contributed by atoms with Gasteiger partial charge in [-0.1, -0.05) is 24.3 Å². The molecule has 1 aliphatic heterocycles. The first-order valence-corrected chi connectivity index (χ1v) is 10.6. The van der Waals surface area contributed by atoms with Gasteiger partial charge in [-0.25, -0.2) is 9.78 Å². The third-order valence-corrected chi connectivity index (χ3v) is 6.27. The monoisotopic (exact) mass is 428 g/mol. The average molecular weight is 428 g/mol. The summed E-state index contributed by atoms with van der Waals surface area (Å²) in [5.41, 5.74) is 10.8. The SMILES string of the molecule is Cc1c(-c2cc(-c3cnn(C4CCN(C(=O)O)CC4)c3)cnc2N)ncc2ccccc12. The third kappa shape index (κ3) is 3.53. The van der Waals surface area contributed by atoms with E-state index in [0.717, 1.165) is 51.6 Å². The van der Waals surface area contributed by atoms with Crippen molar-refractivity contribution in [1.29, 1.82) is 0 Å². The first-order valence-electron chi connectivity index (χ1n) is 10.6. The molecule has 1 saturated heterocycles. The molecule has 162 valence electrons. The van der Waals surface area contributed by atoms with Crippen LogP contribution in [0.5, 0.6) is 0 Å². The molecule has 0 unspecified atom stereocenters. The molecule has 8 nitrogen and oxygen atoms in total. The fraction of sp³-hybridized carbons (Fsp3) is 0.250. The number of likely N-dealkylation sites (tertiary alicyclic amines) is 1. The lowest BCUT2D eigenvalue weighted by molar-refractivity contribution is 0.124. The van der Waals surface area contributed by atoms with Gasteiger partial charge in [0.2, 0.25) is 0 Å². The number of hydrogen-bond donors (Lipinski definition) is 2. The Morgan fingerprint density at radius 3 is 2.66 bits per heavy atom. The van der Waals surface area contributed by atoms with Crippen molar-refractivity contribution < 1.29 is 9.90 Å². The van der Waals surface area contributed by atoms with Crippen LogP contribution in [0.4, 0.5) is 10.6 Å². The Morgan fingerprint density at radius 2 is 1.88 bits per heavy atom. The molecule has 4 heterocycles. The van der Waals surface area contributed by atoms with Crippen molar-refractivity contribution in [2.45, 2.75) is 25.8 Å². The largest absolute Gasteiger partial charge is 0.465 e. The van der Waals surface area contributed by atoms with Gasteiger partial charge in [-0.2, -0.15) is 5.10 Å². The molecule has 1 fully saturated rings. The van der Waals surface area contributed by atoms with Crippen LogP contribution >= 0.6 is 0 Å². The van der Waals surface area contributed by atoms with Gasteiger partial charge < -0.3 is 15.7 Å². The first kappa shape index (κ1) is 20.0. The Hall–Kier alpha value is -3.94. The summed E-state index contributed by atoms with van der Waals surface area (Å²) in [4.78, 5) is 21.7. The molecule has 5 rings (SSSR count). The number of nitrogens with two attached hydrogens (primary N) is 1. The van der Waals surface area contributed by atoms with E-state index in [1.807, 2.05) is 47.5 Å². The van der Waals surface area contributed by atoms with Gasteiger partial charge in [0.15, 0.2) is 0 Å². The number of amides is 1. The normalized spacial score (nSPS) is 14.7. The third-order valence-electron chi connectivity index (χ3n) is 6.27. The highest BCUT2D eigenvalue weighted by molar-refractivity contribution is 5.91. The lowest BCUT2D eigenvalue weighted by Gasteiger charge is -2.30. The number of benzene rings is 1. The van der Waals surface area contributed by atoms with E-state index in [0.29, 0.717) is 18.9 Å². The van der Waals surface area contributed by atoms with E-state index in [1.54, 1.807) is 6.20 Å². The maximum Gasteiger partial charge on any atom is 0.407 e. The first-order chi connectivity index (χ1) is 15.5. The van der Waals surface area contributed by atoms with Gasteiger partial charge in [0.25, 0.3) is 0 Å². The molecule has 8 heteroatoms. The number of aromatic nitrogens is 4. The van der Waals surface area contributed by atoms with E-state index in [1.165, 1.54) is 4.90 Å². The van der Waals surface area contributed by atoms with Crippen LogP contribution in [0.3, 0.4) is 0 Å². The Bertz CT molecular complexity index is 1310. The molecule has 3 N–H and O–H groups in total. The zero-order chi connectivity index (χ0) is 22.2. The highest BCUT2D eigenvalue weighted by atomic mass is 16.4. The van der Waals surface area contributed by atoms with Crippen molar-refractivity contribution in [2.24, 2.45) is 0 Å². The number of pyridine rings is 2. The molecule has 3 aromatic heterocycles. The molecule has 0 aliphatic carbocycles. The summed E-state index contributed by atoms with van der Waals surface area (Å²) in [6.45, 7) is 3.10. The van der Waals surface area contributed by atoms with Crippen molar-refractivity contribution in [3.8, 4) is 22.4 Å². The number of anilines is 1. The van der Waals surface area contributed by atoms with E-state index >= 15 is 0 Å². The molecule has 0 radical (unpaired) electrons. The summed E-state index contributed by atoms with van der Waals surface area (Å²) in [6.07, 6.45) is 8.08. The Morgan fingerprint density at radius 1 is 1.09 bits per heavy atom. The van der Waals surface area contributed by atoms with E-state index in [-0.39, 0.29) is 6.04 Å². The van der Waals surface area contributed by atoms with Crippen LogP contribution in [0.1, 0.15) is 24.4 Å². The molecule has 0 atom stereocenters. The highest BCUT2D eigenvalue weighted by Crippen LogP contribution is 2.33. The van der Waals surface area contributed by atoms with Crippen molar-refractivity contribution in [3.05, 3.63) is 60.7 Å². The van der Waals surface area contributed by atoms with Crippen LogP contribution in [0, 0.1) is 6.92 Å². The maximum atomic E-state index is 11.1. The van der Waals surface area contributed by atoms with Crippen LogP contribution in [-0.2, 0) is 0 Å². The van der Waals surface area contributed by atoms with Gasteiger partial charge in [0.1, 0.15) is 5.82 Å². The smallest absolute Gasteiger partial charge is 0.407 e. The number of carbonyl (C=O) groups is 1. The quantitative estimate of drug-likeness (QED) is 0.501. The van der Waals surface area contributed by atoms with Crippen molar-refractivity contribution in [2.75, 3.05) is 18.8 Å². The Labute approximate surface area is 185 Å². The van der Waals surface area contributed by atoms with Gasteiger partial charge in [-0.05, 0) is 36.8 Å². The molecule has 32 heavy (non-hydrogen) atoms. The van der Waals surface area contributed by atoms with Gasteiger partial charge in [-0.3, -0.25) is 9.67 Å². The van der Waals surface area contributed by atoms with Crippen molar-refractivity contribution in [1.82, 2.24) is 24.6 Å². The number of fused-ring (bicyclic) bond motifs is 1. The number of aryl methyl sites for hydroxylation is 1. The average Bonchev–Trinajstić information content (AvgIpc) is 3.30.